The molecule has 0 aliphatic heterocycles. The number of imidazole rings is 1. The first-order chi connectivity index (χ1) is 10.7. The standard InChI is InChI=1S/C11H10BrF2N2.CHF3O3S/c1-15-7-8-16(11(12,13)14)10(15)9-5-3-2-4-6-9;2-1(3,4)8(5,6)7/h2-8H,1H3;(H,5,6,7)/q+1;/p-1. The van der Waals surface area contributed by atoms with Crippen molar-refractivity contribution in [2.24, 2.45) is 7.05 Å². The molecule has 0 fully saturated rings. The van der Waals surface area contributed by atoms with Crippen molar-refractivity contribution < 1.29 is 39.5 Å². The third kappa shape index (κ3) is 5.24. The molecule has 0 saturated carbocycles. The molecule has 0 aliphatic carbocycles. The van der Waals surface area contributed by atoms with Crippen LogP contribution in [0.5, 0.6) is 0 Å². The van der Waals surface area contributed by atoms with E-state index in [1.807, 2.05) is 18.2 Å². The zero-order chi connectivity index (χ0) is 18.8. The van der Waals surface area contributed by atoms with E-state index in [4.69, 9.17) is 13.0 Å². The quantitative estimate of drug-likeness (QED) is 0.239. The smallest absolute Gasteiger partial charge is 0.485 e. The third-order valence-electron chi connectivity index (χ3n) is 2.59. The van der Waals surface area contributed by atoms with E-state index < -0.39 is 20.6 Å². The first kappa shape index (κ1) is 20.5. The van der Waals surface area contributed by atoms with Gasteiger partial charge in [-0.3, -0.25) is 0 Å². The van der Waals surface area contributed by atoms with E-state index in [0.717, 1.165) is 10.1 Å². The molecule has 2 rings (SSSR count). The molecule has 0 bridgehead atoms. The van der Waals surface area contributed by atoms with Crippen LogP contribution in [-0.4, -0.2) is 23.0 Å². The molecule has 0 radical (unpaired) electrons. The Bertz CT molecular complexity index is 785. The van der Waals surface area contributed by atoms with Gasteiger partial charge in [0.2, 0.25) is 0 Å². The Labute approximate surface area is 142 Å². The van der Waals surface area contributed by atoms with Gasteiger partial charge in [0.05, 0.1) is 12.6 Å². The highest BCUT2D eigenvalue weighted by Gasteiger charge is 2.38. The van der Waals surface area contributed by atoms with Crippen LogP contribution < -0.4 is 4.57 Å². The second kappa shape index (κ2) is 7.15. The molecule has 0 spiro atoms. The monoisotopic (exact) mass is 436 g/mol. The average molecular weight is 437 g/mol. The van der Waals surface area contributed by atoms with Gasteiger partial charge in [0.1, 0.15) is 12.4 Å². The molecule has 12 heteroatoms. The summed E-state index contributed by atoms with van der Waals surface area (Å²) in [7, 11) is -4.36. The molecule has 2 aromatic rings. The Morgan fingerprint density at radius 3 is 1.96 bits per heavy atom. The fourth-order valence-electron chi connectivity index (χ4n) is 1.61. The summed E-state index contributed by atoms with van der Waals surface area (Å²) in [5, 5.41) is 0. The highest BCUT2D eigenvalue weighted by Crippen LogP contribution is 2.32. The van der Waals surface area contributed by atoms with Crippen LogP contribution >= 0.6 is 15.9 Å². The summed E-state index contributed by atoms with van der Waals surface area (Å²) < 4.78 is 88.0. The van der Waals surface area contributed by atoms with Crippen LogP contribution in [0.3, 0.4) is 0 Å². The summed E-state index contributed by atoms with van der Waals surface area (Å²) in [6.45, 7) is 0. The van der Waals surface area contributed by atoms with E-state index in [1.54, 1.807) is 29.9 Å². The minimum atomic E-state index is -6.09. The van der Waals surface area contributed by atoms with Crippen LogP contribution in [-0.2, 0) is 22.1 Å². The average Bonchev–Trinajstić information content (AvgIpc) is 2.80. The van der Waals surface area contributed by atoms with Crippen molar-refractivity contribution >= 4 is 26.0 Å². The predicted octanol–water partition coefficient (Wildman–Crippen LogP) is 2.93. The molecule has 0 N–H and O–H groups in total. The lowest BCUT2D eigenvalue weighted by molar-refractivity contribution is -0.660. The van der Waals surface area contributed by atoms with Crippen molar-refractivity contribution in [3.05, 3.63) is 42.7 Å². The number of aryl methyl sites for hydroxylation is 1. The SMILES string of the molecule is C[n+]1ccn(C(F)(F)Br)c1-c1ccccc1.O=S(=O)([O-])C(F)(F)F. The van der Waals surface area contributed by atoms with Gasteiger partial charge in [-0.2, -0.15) is 17.7 Å². The van der Waals surface area contributed by atoms with Crippen molar-refractivity contribution in [2.75, 3.05) is 0 Å². The maximum absolute atomic E-state index is 13.3. The van der Waals surface area contributed by atoms with Gasteiger partial charge < -0.3 is 4.55 Å². The molecule has 1 aromatic carbocycles. The highest BCUT2D eigenvalue weighted by atomic mass is 79.9. The molecule has 1 heterocycles. The lowest BCUT2D eigenvalue weighted by Crippen LogP contribution is -2.31. The van der Waals surface area contributed by atoms with Gasteiger partial charge in [-0.15, -0.1) is 8.78 Å². The molecule has 24 heavy (non-hydrogen) atoms. The maximum atomic E-state index is 13.3. The molecule has 5 nitrogen and oxygen atoms in total. The van der Waals surface area contributed by atoms with Gasteiger partial charge in [-0.05, 0) is 12.1 Å². The van der Waals surface area contributed by atoms with Crippen molar-refractivity contribution in [3.8, 4) is 11.4 Å². The molecular weight excluding hydrogens is 427 g/mol. The van der Waals surface area contributed by atoms with Crippen LogP contribution in [0.25, 0.3) is 11.4 Å². The van der Waals surface area contributed by atoms with Crippen LogP contribution in [0, 0.1) is 0 Å². The number of halogens is 6. The minimum Gasteiger partial charge on any atom is -0.741 e. The summed E-state index contributed by atoms with van der Waals surface area (Å²) in [4.78, 5) is -3.08. The van der Waals surface area contributed by atoms with E-state index in [2.05, 4.69) is 15.9 Å². The lowest BCUT2D eigenvalue weighted by atomic mass is 10.2. The molecule has 0 atom stereocenters. The molecular formula is C12H10BrF5N2O3S. The number of hydrogen-bond donors (Lipinski definition) is 0. The number of rotatable bonds is 2. The van der Waals surface area contributed by atoms with Crippen LogP contribution in [0.15, 0.2) is 42.7 Å². The fourth-order valence-corrected chi connectivity index (χ4v) is 1.90. The zero-order valence-corrected chi connectivity index (χ0v) is 14.2. The first-order valence-electron chi connectivity index (χ1n) is 5.97. The maximum Gasteiger partial charge on any atom is 0.485 e. The summed E-state index contributed by atoms with van der Waals surface area (Å²) >= 11 is 2.36. The van der Waals surface area contributed by atoms with Gasteiger partial charge in [0, 0.05) is 15.9 Å². The van der Waals surface area contributed by atoms with Gasteiger partial charge >= 0.3 is 10.5 Å². The van der Waals surface area contributed by atoms with E-state index in [0.29, 0.717) is 5.82 Å². The summed E-state index contributed by atoms with van der Waals surface area (Å²) in [5.41, 5.74) is -4.90. The predicted molar refractivity (Wildman–Crippen MR) is 75.9 cm³/mol. The molecule has 134 valence electrons. The molecule has 0 saturated heterocycles. The summed E-state index contributed by atoms with van der Waals surface area (Å²) in [6, 6.07) is 9.08. The topological polar surface area (TPSA) is 66.0 Å². The van der Waals surface area contributed by atoms with E-state index in [1.165, 1.54) is 6.20 Å². The number of hydrogen-bond acceptors (Lipinski definition) is 3. The largest absolute Gasteiger partial charge is 0.741 e. The van der Waals surface area contributed by atoms with Crippen LogP contribution in [0.1, 0.15) is 0 Å². The van der Waals surface area contributed by atoms with Crippen molar-refractivity contribution in [2.45, 2.75) is 10.5 Å². The van der Waals surface area contributed by atoms with E-state index in [-0.39, 0.29) is 0 Å². The highest BCUT2D eigenvalue weighted by molar-refractivity contribution is 9.09. The Kier molecular flexibility index (Phi) is 6.11. The van der Waals surface area contributed by atoms with E-state index in [9.17, 15) is 22.0 Å². The van der Waals surface area contributed by atoms with Crippen molar-refractivity contribution in [1.29, 1.82) is 0 Å². The Morgan fingerprint density at radius 1 is 1.12 bits per heavy atom. The summed E-state index contributed by atoms with van der Waals surface area (Å²) in [6.07, 6.45) is 2.94. The van der Waals surface area contributed by atoms with Crippen molar-refractivity contribution in [3.63, 3.8) is 0 Å². The zero-order valence-electron chi connectivity index (χ0n) is 11.8. The third-order valence-corrected chi connectivity index (χ3v) is 3.54. The normalized spacial score (nSPS) is 12.5. The Morgan fingerprint density at radius 2 is 1.58 bits per heavy atom. The Balaban J connectivity index is 0.000000307. The van der Waals surface area contributed by atoms with Crippen molar-refractivity contribution in [1.82, 2.24) is 4.57 Å². The molecule has 0 aliphatic rings. The van der Waals surface area contributed by atoms with Gasteiger partial charge in [-0.1, -0.05) is 18.2 Å². The number of nitrogens with zero attached hydrogens (tertiary/aromatic N) is 2. The van der Waals surface area contributed by atoms with Gasteiger partial charge in [-0.25, -0.2) is 13.0 Å². The number of alkyl halides is 6. The minimum absolute atomic E-state index is 0.447. The van der Waals surface area contributed by atoms with Crippen LogP contribution in [0.2, 0.25) is 0 Å². The Hall–Kier alpha value is -1.53. The molecule has 0 unspecified atom stereocenters. The molecule has 0 amide bonds. The van der Waals surface area contributed by atoms with Gasteiger partial charge in [0.25, 0.3) is 5.82 Å². The molecule has 1 aromatic heterocycles. The summed E-state index contributed by atoms with van der Waals surface area (Å²) in [5.74, 6) is 0.447. The fraction of sp³-hybridized carbons (Fsp3) is 0.250. The number of aromatic nitrogens is 2. The van der Waals surface area contributed by atoms with Gasteiger partial charge in [0.15, 0.2) is 10.1 Å². The van der Waals surface area contributed by atoms with Crippen LogP contribution in [0.4, 0.5) is 22.0 Å². The second-order valence-electron chi connectivity index (χ2n) is 4.34. The number of benzene rings is 1. The van der Waals surface area contributed by atoms with E-state index >= 15 is 0 Å². The lowest BCUT2D eigenvalue weighted by Gasteiger charge is -2.08. The first-order valence-corrected chi connectivity index (χ1v) is 8.17. The second-order valence-corrected chi connectivity index (χ2v) is 6.66.